The van der Waals surface area contributed by atoms with Crippen molar-refractivity contribution < 1.29 is 5.11 Å². The second kappa shape index (κ2) is 12.7. The molecule has 0 fully saturated rings. The third-order valence-corrected chi connectivity index (χ3v) is 2.50. The molecular formula is C13H26O. The van der Waals surface area contributed by atoms with Crippen molar-refractivity contribution in [3.05, 3.63) is 12.2 Å². The first-order chi connectivity index (χ1) is 6.91. The van der Waals surface area contributed by atoms with Crippen LogP contribution in [0.3, 0.4) is 0 Å². The fourth-order valence-corrected chi connectivity index (χ4v) is 1.59. The summed E-state index contributed by atoms with van der Waals surface area (Å²) in [5, 5.41) is 8.50. The van der Waals surface area contributed by atoms with Crippen LogP contribution in [0.1, 0.15) is 64.7 Å². The highest BCUT2D eigenvalue weighted by molar-refractivity contribution is 4.80. The van der Waals surface area contributed by atoms with Gasteiger partial charge in [0.2, 0.25) is 0 Å². The summed E-state index contributed by atoms with van der Waals surface area (Å²) in [5.74, 6) is 0. The first kappa shape index (κ1) is 13.7. The first-order valence-corrected chi connectivity index (χ1v) is 6.17. The summed E-state index contributed by atoms with van der Waals surface area (Å²) in [6.45, 7) is 2.45. The highest BCUT2D eigenvalue weighted by Gasteiger charge is 1.89. The number of hydrogen-bond acceptors (Lipinski definition) is 1. The minimum absolute atomic E-state index is 0.191. The summed E-state index contributed by atoms with van der Waals surface area (Å²) < 4.78 is 0. The monoisotopic (exact) mass is 198 g/mol. The second-order valence-electron chi connectivity index (χ2n) is 3.92. The van der Waals surface area contributed by atoms with Gasteiger partial charge in [-0.1, -0.05) is 64.0 Å². The molecule has 0 radical (unpaired) electrons. The lowest BCUT2D eigenvalue weighted by Crippen LogP contribution is -1.80. The molecule has 0 aliphatic carbocycles. The smallest absolute Gasteiger partial charge is 0.0612 e. The van der Waals surface area contributed by atoms with E-state index in [1.54, 1.807) is 0 Å². The molecule has 0 aromatic carbocycles. The quantitative estimate of drug-likeness (QED) is 0.414. The van der Waals surface area contributed by atoms with Crippen molar-refractivity contribution >= 4 is 0 Å². The van der Waals surface area contributed by atoms with Crippen LogP contribution >= 0.6 is 0 Å². The number of allylic oxidation sites excluding steroid dienone is 1. The fraction of sp³-hybridized carbons (Fsp3) is 0.846. The Morgan fingerprint density at radius 2 is 1.36 bits per heavy atom. The van der Waals surface area contributed by atoms with Gasteiger partial charge in [-0.15, -0.1) is 0 Å². The molecule has 0 aliphatic rings. The van der Waals surface area contributed by atoms with Gasteiger partial charge in [-0.05, 0) is 12.8 Å². The molecule has 0 unspecified atom stereocenters. The van der Waals surface area contributed by atoms with Gasteiger partial charge in [-0.25, -0.2) is 0 Å². The van der Waals surface area contributed by atoms with Crippen molar-refractivity contribution in [1.82, 2.24) is 0 Å². The van der Waals surface area contributed by atoms with Crippen LogP contribution in [0.15, 0.2) is 12.2 Å². The van der Waals surface area contributed by atoms with Crippen LogP contribution in [0.25, 0.3) is 0 Å². The first-order valence-electron chi connectivity index (χ1n) is 6.17. The lowest BCUT2D eigenvalue weighted by atomic mass is 10.1. The van der Waals surface area contributed by atoms with E-state index in [1.165, 1.54) is 51.4 Å². The van der Waals surface area contributed by atoms with Crippen LogP contribution in [0.4, 0.5) is 0 Å². The number of unbranched alkanes of at least 4 members (excludes halogenated alkanes) is 8. The van der Waals surface area contributed by atoms with Gasteiger partial charge in [-0.2, -0.15) is 0 Å². The predicted octanol–water partition coefficient (Wildman–Crippen LogP) is 4.07. The van der Waals surface area contributed by atoms with Crippen LogP contribution in [-0.2, 0) is 0 Å². The standard InChI is InChI=1S/C13H26O/c1-2-3-4-5-6-7-8-9-10-11-12-13-14/h11-12,14H,2-10,13H2,1H3/b12-11-. The van der Waals surface area contributed by atoms with E-state index in [-0.39, 0.29) is 6.61 Å². The predicted molar refractivity (Wildman–Crippen MR) is 63.5 cm³/mol. The summed E-state index contributed by atoms with van der Waals surface area (Å²) >= 11 is 0. The lowest BCUT2D eigenvalue weighted by molar-refractivity contribution is 0.342. The molecule has 0 spiro atoms. The van der Waals surface area contributed by atoms with Gasteiger partial charge >= 0.3 is 0 Å². The van der Waals surface area contributed by atoms with E-state index in [1.807, 2.05) is 6.08 Å². The summed E-state index contributed by atoms with van der Waals surface area (Å²) in [4.78, 5) is 0. The Hall–Kier alpha value is -0.300. The molecule has 0 aromatic heterocycles. The van der Waals surface area contributed by atoms with Crippen molar-refractivity contribution in [2.24, 2.45) is 0 Å². The van der Waals surface area contributed by atoms with Crippen molar-refractivity contribution in [2.75, 3.05) is 6.61 Å². The molecule has 0 heterocycles. The molecule has 0 aromatic rings. The van der Waals surface area contributed by atoms with Crippen molar-refractivity contribution in [2.45, 2.75) is 64.7 Å². The third-order valence-electron chi connectivity index (χ3n) is 2.50. The number of aliphatic hydroxyl groups is 1. The zero-order valence-electron chi connectivity index (χ0n) is 9.67. The molecule has 0 saturated carbocycles. The van der Waals surface area contributed by atoms with E-state index in [2.05, 4.69) is 13.0 Å². The van der Waals surface area contributed by atoms with Gasteiger partial charge in [0.1, 0.15) is 0 Å². The number of hydrogen-bond donors (Lipinski definition) is 1. The Morgan fingerprint density at radius 1 is 0.786 bits per heavy atom. The zero-order chi connectivity index (χ0) is 10.5. The Morgan fingerprint density at radius 3 is 1.93 bits per heavy atom. The lowest BCUT2D eigenvalue weighted by Gasteiger charge is -1.99. The maximum absolute atomic E-state index is 8.50. The molecular weight excluding hydrogens is 172 g/mol. The highest BCUT2D eigenvalue weighted by Crippen LogP contribution is 2.09. The van der Waals surface area contributed by atoms with E-state index in [0.29, 0.717) is 0 Å². The van der Waals surface area contributed by atoms with E-state index in [0.717, 1.165) is 6.42 Å². The van der Waals surface area contributed by atoms with Gasteiger partial charge in [0.15, 0.2) is 0 Å². The molecule has 0 bridgehead atoms. The Kier molecular flexibility index (Phi) is 12.4. The normalized spacial score (nSPS) is 11.3. The van der Waals surface area contributed by atoms with Crippen LogP contribution in [0.2, 0.25) is 0 Å². The fourth-order valence-electron chi connectivity index (χ4n) is 1.59. The van der Waals surface area contributed by atoms with Gasteiger partial charge in [-0.3, -0.25) is 0 Å². The van der Waals surface area contributed by atoms with E-state index in [4.69, 9.17) is 5.11 Å². The van der Waals surface area contributed by atoms with Crippen LogP contribution in [0.5, 0.6) is 0 Å². The third kappa shape index (κ3) is 11.7. The summed E-state index contributed by atoms with van der Waals surface area (Å²) in [7, 11) is 0. The second-order valence-corrected chi connectivity index (χ2v) is 3.92. The Bertz CT molecular complexity index is 118. The van der Waals surface area contributed by atoms with Gasteiger partial charge < -0.3 is 5.11 Å². The largest absolute Gasteiger partial charge is 0.392 e. The number of aliphatic hydroxyl groups excluding tert-OH is 1. The van der Waals surface area contributed by atoms with Crippen molar-refractivity contribution in [1.29, 1.82) is 0 Å². The van der Waals surface area contributed by atoms with Gasteiger partial charge in [0, 0.05) is 0 Å². The van der Waals surface area contributed by atoms with E-state index < -0.39 is 0 Å². The SMILES string of the molecule is CCCCCCCCCC/C=C\CO. The average molecular weight is 198 g/mol. The maximum Gasteiger partial charge on any atom is 0.0612 e. The summed E-state index contributed by atoms with van der Waals surface area (Å²) in [6, 6.07) is 0. The average Bonchev–Trinajstić information content (AvgIpc) is 2.21. The molecule has 0 rings (SSSR count). The van der Waals surface area contributed by atoms with E-state index >= 15 is 0 Å². The minimum Gasteiger partial charge on any atom is -0.392 e. The molecule has 1 nitrogen and oxygen atoms in total. The Labute approximate surface area is 89.2 Å². The highest BCUT2D eigenvalue weighted by atomic mass is 16.2. The van der Waals surface area contributed by atoms with Crippen molar-refractivity contribution in [3.63, 3.8) is 0 Å². The molecule has 0 aliphatic heterocycles. The van der Waals surface area contributed by atoms with Gasteiger partial charge in [0.25, 0.3) is 0 Å². The molecule has 0 atom stereocenters. The molecule has 14 heavy (non-hydrogen) atoms. The molecule has 0 amide bonds. The summed E-state index contributed by atoms with van der Waals surface area (Å²) in [5.41, 5.74) is 0. The van der Waals surface area contributed by atoms with E-state index in [9.17, 15) is 0 Å². The molecule has 1 heteroatoms. The summed E-state index contributed by atoms with van der Waals surface area (Å²) in [6.07, 6.45) is 16.0. The molecule has 0 saturated heterocycles. The van der Waals surface area contributed by atoms with Crippen molar-refractivity contribution in [3.8, 4) is 0 Å². The van der Waals surface area contributed by atoms with Crippen LogP contribution in [0, 0.1) is 0 Å². The molecule has 1 N–H and O–H groups in total. The minimum atomic E-state index is 0.191. The van der Waals surface area contributed by atoms with Crippen LogP contribution < -0.4 is 0 Å². The number of rotatable bonds is 10. The Balaban J connectivity index is 2.88. The van der Waals surface area contributed by atoms with Crippen LogP contribution in [-0.4, -0.2) is 11.7 Å². The maximum atomic E-state index is 8.50. The van der Waals surface area contributed by atoms with Gasteiger partial charge in [0.05, 0.1) is 6.61 Å². The molecule has 84 valence electrons. The zero-order valence-corrected chi connectivity index (χ0v) is 9.67. The topological polar surface area (TPSA) is 20.2 Å².